The second kappa shape index (κ2) is 5.97. The molecule has 1 aromatic rings. The van der Waals surface area contributed by atoms with E-state index in [4.69, 9.17) is 5.11 Å². The molecule has 0 atom stereocenters. The number of rotatable bonds is 7. The highest BCUT2D eigenvalue weighted by Gasteiger charge is 2.11. The molecule has 5 nitrogen and oxygen atoms in total. The SMILES string of the molecule is O=C(O)CCS(=O)(=O)NCCc1cccs1. The number of carboxylic acids is 1. The standard InChI is InChI=1S/C9H13NO4S2/c11-9(12)4-7-16(13,14)10-5-3-8-2-1-6-15-8/h1-2,6,10H,3-5,7H2,(H,11,12). The van der Waals surface area contributed by atoms with Gasteiger partial charge in [0.05, 0.1) is 12.2 Å². The molecule has 16 heavy (non-hydrogen) atoms. The van der Waals surface area contributed by atoms with Crippen LogP contribution in [0.1, 0.15) is 11.3 Å². The van der Waals surface area contributed by atoms with Crippen molar-refractivity contribution in [2.24, 2.45) is 0 Å². The Bertz CT molecular complexity index is 424. The molecule has 0 aliphatic rings. The molecule has 0 fully saturated rings. The highest BCUT2D eigenvalue weighted by Crippen LogP contribution is 2.08. The first kappa shape index (κ1) is 13.1. The third-order valence-corrected chi connectivity index (χ3v) is 4.18. The van der Waals surface area contributed by atoms with Crippen LogP contribution in [0.5, 0.6) is 0 Å². The van der Waals surface area contributed by atoms with Crippen molar-refractivity contribution in [1.29, 1.82) is 0 Å². The maximum Gasteiger partial charge on any atom is 0.304 e. The number of aliphatic carboxylic acids is 1. The van der Waals surface area contributed by atoms with E-state index in [-0.39, 0.29) is 12.2 Å². The first-order valence-electron chi connectivity index (χ1n) is 4.71. The van der Waals surface area contributed by atoms with Crippen LogP contribution in [0.4, 0.5) is 0 Å². The van der Waals surface area contributed by atoms with Gasteiger partial charge in [0.25, 0.3) is 0 Å². The van der Waals surface area contributed by atoms with Crippen LogP contribution in [0.25, 0.3) is 0 Å². The van der Waals surface area contributed by atoms with Crippen molar-refractivity contribution >= 4 is 27.3 Å². The predicted octanol–water partition coefficient (Wildman–Crippen LogP) is 0.685. The van der Waals surface area contributed by atoms with Gasteiger partial charge < -0.3 is 5.11 Å². The van der Waals surface area contributed by atoms with Crippen molar-refractivity contribution < 1.29 is 18.3 Å². The van der Waals surface area contributed by atoms with Crippen molar-refractivity contribution in [2.45, 2.75) is 12.8 Å². The minimum absolute atomic E-state index is 0.308. The highest BCUT2D eigenvalue weighted by molar-refractivity contribution is 7.89. The van der Waals surface area contributed by atoms with Crippen LogP contribution >= 0.6 is 11.3 Å². The summed E-state index contributed by atoms with van der Waals surface area (Å²) in [6, 6.07) is 3.83. The monoisotopic (exact) mass is 263 g/mol. The Morgan fingerprint density at radius 1 is 1.50 bits per heavy atom. The van der Waals surface area contributed by atoms with Gasteiger partial charge in [0.15, 0.2) is 0 Å². The number of sulfonamides is 1. The van der Waals surface area contributed by atoms with Crippen LogP contribution in [0, 0.1) is 0 Å². The number of hydrogen-bond donors (Lipinski definition) is 2. The van der Waals surface area contributed by atoms with Gasteiger partial charge in [0.1, 0.15) is 0 Å². The molecule has 2 N–H and O–H groups in total. The smallest absolute Gasteiger partial charge is 0.304 e. The Labute approximate surface area is 98.2 Å². The van der Waals surface area contributed by atoms with E-state index in [0.717, 1.165) is 4.88 Å². The summed E-state index contributed by atoms with van der Waals surface area (Å²) in [5, 5.41) is 10.3. The zero-order valence-corrected chi connectivity index (χ0v) is 10.2. The molecule has 0 saturated carbocycles. The maximum atomic E-state index is 11.3. The lowest BCUT2D eigenvalue weighted by Gasteiger charge is -2.04. The minimum Gasteiger partial charge on any atom is -0.481 e. The van der Waals surface area contributed by atoms with Gasteiger partial charge >= 0.3 is 5.97 Å². The van der Waals surface area contributed by atoms with E-state index in [9.17, 15) is 13.2 Å². The molecule has 7 heteroatoms. The lowest BCUT2D eigenvalue weighted by molar-refractivity contribution is -0.136. The molecule has 1 aromatic heterocycles. The minimum atomic E-state index is -3.46. The Morgan fingerprint density at radius 2 is 2.25 bits per heavy atom. The second-order valence-electron chi connectivity index (χ2n) is 3.19. The van der Waals surface area contributed by atoms with Gasteiger partial charge in [-0.15, -0.1) is 11.3 Å². The quantitative estimate of drug-likeness (QED) is 0.758. The van der Waals surface area contributed by atoms with Crippen LogP contribution in [0.2, 0.25) is 0 Å². The average Bonchev–Trinajstić information content (AvgIpc) is 2.68. The fourth-order valence-electron chi connectivity index (χ4n) is 1.08. The zero-order chi connectivity index (χ0) is 12.0. The molecule has 0 saturated heterocycles. The van der Waals surface area contributed by atoms with Gasteiger partial charge in [-0.05, 0) is 17.9 Å². The van der Waals surface area contributed by atoms with Crippen LogP contribution < -0.4 is 4.72 Å². The first-order chi connectivity index (χ1) is 7.49. The van der Waals surface area contributed by atoms with E-state index in [1.165, 1.54) is 0 Å². The average molecular weight is 263 g/mol. The molecule has 0 amide bonds. The first-order valence-corrected chi connectivity index (χ1v) is 7.24. The van der Waals surface area contributed by atoms with Crippen LogP contribution in [0.3, 0.4) is 0 Å². The van der Waals surface area contributed by atoms with Crippen molar-refractivity contribution in [3.8, 4) is 0 Å². The van der Waals surface area contributed by atoms with Crippen molar-refractivity contribution in [3.63, 3.8) is 0 Å². The normalized spacial score (nSPS) is 11.5. The number of hydrogen-bond acceptors (Lipinski definition) is 4. The summed E-state index contributed by atoms with van der Waals surface area (Å²) < 4.78 is 25.0. The van der Waals surface area contributed by atoms with Crippen LogP contribution in [-0.2, 0) is 21.2 Å². The predicted molar refractivity (Wildman–Crippen MR) is 62.1 cm³/mol. The molecule has 1 heterocycles. The third-order valence-electron chi connectivity index (χ3n) is 1.86. The van der Waals surface area contributed by atoms with E-state index < -0.39 is 16.0 Å². The molecule has 0 spiro atoms. The summed E-state index contributed by atoms with van der Waals surface area (Å²) in [6.07, 6.45) is 0.262. The zero-order valence-electron chi connectivity index (χ0n) is 8.55. The van der Waals surface area contributed by atoms with Gasteiger partial charge in [-0.1, -0.05) is 6.07 Å². The summed E-state index contributed by atoms with van der Waals surface area (Å²) in [7, 11) is -3.46. The number of carbonyl (C=O) groups is 1. The van der Waals surface area contributed by atoms with Gasteiger partial charge in [-0.2, -0.15) is 0 Å². The van der Waals surface area contributed by atoms with E-state index >= 15 is 0 Å². The summed E-state index contributed by atoms with van der Waals surface area (Å²) in [4.78, 5) is 11.3. The van der Waals surface area contributed by atoms with E-state index in [2.05, 4.69) is 4.72 Å². The summed E-state index contributed by atoms with van der Waals surface area (Å²) in [6.45, 7) is 0.308. The molecule has 0 aromatic carbocycles. The number of thiophene rings is 1. The van der Waals surface area contributed by atoms with E-state index in [1.807, 2.05) is 17.5 Å². The number of carboxylic acid groups (broad SMARTS) is 1. The van der Waals surface area contributed by atoms with Crippen molar-refractivity contribution in [2.75, 3.05) is 12.3 Å². The summed E-state index contributed by atoms with van der Waals surface area (Å²) in [5.74, 6) is -1.48. The molecule has 0 bridgehead atoms. The molecule has 0 aliphatic heterocycles. The topological polar surface area (TPSA) is 83.5 Å². The Morgan fingerprint density at radius 3 is 2.81 bits per heavy atom. The summed E-state index contributed by atoms with van der Waals surface area (Å²) >= 11 is 1.56. The Balaban J connectivity index is 2.28. The van der Waals surface area contributed by atoms with E-state index in [1.54, 1.807) is 11.3 Å². The van der Waals surface area contributed by atoms with Crippen molar-refractivity contribution in [1.82, 2.24) is 4.72 Å². The maximum absolute atomic E-state index is 11.3. The van der Waals surface area contributed by atoms with Gasteiger partial charge in [-0.25, -0.2) is 13.1 Å². The fraction of sp³-hybridized carbons (Fsp3) is 0.444. The largest absolute Gasteiger partial charge is 0.481 e. The highest BCUT2D eigenvalue weighted by atomic mass is 32.2. The molecular weight excluding hydrogens is 250 g/mol. The second-order valence-corrected chi connectivity index (χ2v) is 6.14. The van der Waals surface area contributed by atoms with Crippen LogP contribution in [-0.4, -0.2) is 31.8 Å². The third kappa shape index (κ3) is 5.24. The van der Waals surface area contributed by atoms with Gasteiger partial charge in [-0.3, -0.25) is 4.79 Å². The van der Waals surface area contributed by atoms with E-state index in [0.29, 0.717) is 13.0 Å². The lowest BCUT2D eigenvalue weighted by Crippen LogP contribution is -2.29. The lowest BCUT2D eigenvalue weighted by atomic mass is 10.3. The number of nitrogens with one attached hydrogen (secondary N) is 1. The molecule has 1 rings (SSSR count). The van der Waals surface area contributed by atoms with Gasteiger partial charge in [0, 0.05) is 11.4 Å². The Kier molecular flexibility index (Phi) is 4.91. The molecule has 0 unspecified atom stereocenters. The fourth-order valence-corrected chi connectivity index (χ4v) is 2.79. The summed E-state index contributed by atoms with van der Waals surface area (Å²) in [5.41, 5.74) is 0. The molecule has 90 valence electrons. The molecule has 0 radical (unpaired) electrons. The molecular formula is C9H13NO4S2. The Hall–Kier alpha value is -0.920. The van der Waals surface area contributed by atoms with Crippen LogP contribution in [0.15, 0.2) is 17.5 Å². The molecule has 0 aliphatic carbocycles. The van der Waals surface area contributed by atoms with Gasteiger partial charge in [0.2, 0.25) is 10.0 Å². The van der Waals surface area contributed by atoms with Crippen molar-refractivity contribution in [3.05, 3.63) is 22.4 Å².